The number of carbonyl (C=O) groups is 1. The lowest BCUT2D eigenvalue weighted by Crippen LogP contribution is -2.11. The third kappa shape index (κ3) is 2.75. The Morgan fingerprint density at radius 2 is 2.11 bits per heavy atom. The van der Waals surface area contributed by atoms with Crippen LogP contribution in [0.2, 0.25) is 0 Å². The zero-order valence-corrected chi connectivity index (χ0v) is 10.8. The van der Waals surface area contributed by atoms with Gasteiger partial charge in [0.15, 0.2) is 5.76 Å². The van der Waals surface area contributed by atoms with Crippen molar-refractivity contribution in [3.05, 3.63) is 47.9 Å². The smallest absolute Gasteiger partial charge is 0.291 e. The molecule has 0 atom stereocenters. The molecular formula is C13H14N2O2S. The van der Waals surface area contributed by atoms with Crippen LogP contribution in [0.1, 0.15) is 16.3 Å². The average Bonchev–Trinajstić information content (AvgIpc) is 2.88. The number of furan rings is 1. The fraction of sp³-hybridized carbons (Fsp3) is 0.154. The number of hydrogen-bond donors (Lipinski definition) is 2. The molecule has 1 amide bonds. The fourth-order valence-corrected chi connectivity index (χ4v) is 2.10. The van der Waals surface area contributed by atoms with Crippen LogP contribution in [0.4, 0.5) is 5.69 Å². The van der Waals surface area contributed by atoms with Crippen molar-refractivity contribution in [2.24, 2.45) is 5.73 Å². The number of thioether (sulfide) groups is 1. The van der Waals surface area contributed by atoms with Gasteiger partial charge in [-0.1, -0.05) is 12.1 Å². The summed E-state index contributed by atoms with van der Waals surface area (Å²) in [6.07, 6.45) is 1.96. The molecule has 0 saturated heterocycles. The van der Waals surface area contributed by atoms with Gasteiger partial charge in [-0.05, 0) is 30.5 Å². The largest absolute Gasteiger partial charge is 0.455 e. The van der Waals surface area contributed by atoms with Crippen molar-refractivity contribution in [3.8, 4) is 0 Å². The number of carbonyl (C=O) groups excluding carboxylic acids is 1. The Morgan fingerprint density at radius 3 is 2.78 bits per heavy atom. The fourth-order valence-electron chi connectivity index (χ4n) is 1.54. The number of nitrogens with one attached hydrogen (secondary N) is 1. The standard InChI is InChI=1S/C13H14N2O2S/c1-18-12-5-3-2-4-10(12)15-13(16)11-7-6-9(8-14)17-11/h2-7H,8,14H2,1H3,(H,15,16). The monoisotopic (exact) mass is 262 g/mol. The summed E-state index contributed by atoms with van der Waals surface area (Å²) >= 11 is 1.58. The van der Waals surface area contributed by atoms with Crippen LogP contribution >= 0.6 is 11.8 Å². The lowest BCUT2D eigenvalue weighted by atomic mass is 10.3. The van der Waals surface area contributed by atoms with Crippen molar-refractivity contribution in [3.63, 3.8) is 0 Å². The van der Waals surface area contributed by atoms with E-state index in [1.54, 1.807) is 23.9 Å². The first-order valence-electron chi connectivity index (χ1n) is 5.47. The molecule has 94 valence electrons. The summed E-state index contributed by atoms with van der Waals surface area (Å²) in [5.74, 6) is 0.598. The van der Waals surface area contributed by atoms with E-state index >= 15 is 0 Å². The molecule has 0 aliphatic rings. The molecule has 18 heavy (non-hydrogen) atoms. The van der Waals surface area contributed by atoms with Gasteiger partial charge in [0.2, 0.25) is 0 Å². The van der Waals surface area contributed by atoms with Crippen LogP contribution in [0.25, 0.3) is 0 Å². The lowest BCUT2D eigenvalue weighted by Gasteiger charge is -2.07. The number of amides is 1. The first kappa shape index (κ1) is 12.7. The molecule has 2 rings (SSSR count). The molecular weight excluding hydrogens is 248 g/mol. The molecule has 5 heteroatoms. The van der Waals surface area contributed by atoms with Crippen LogP contribution < -0.4 is 11.1 Å². The van der Waals surface area contributed by atoms with Gasteiger partial charge in [0.1, 0.15) is 5.76 Å². The van der Waals surface area contributed by atoms with Gasteiger partial charge < -0.3 is 15.5 Å². The average molecular weight is 262 g/mol. The van der Waals surface area contributed by atoms with Gasteiger partial charge in [-0.15, -0.1) is 11.8 Å². The molecule has 0 spiro atoms. The number of rotatable bonds is 4. The number of hydrogen-bond acceptors (Lipinski definition) is 4. The van der Waals surface area contributed by atoms with E-state index in [4.69, 9.17) is 10.2 Å². The quantitative estimate of drug-likeness (QED) is 0.831. The van der Waals surface area contributed by atoms with Crippen molar-refractivity contribution in [2.45, 2.75) is 11.4 Å². The molecule has 0 aliphatic carbocycles. The summed E-state index contributed by atoms with van der Waals surface area (Å²) in [5.41, 5.74) is 6.21. The molecule has 1 aromatic carbocycles. The van der Waals surface area contributed by atoms with E-state index < -0.39 is 0 Å². The minimum atomic E-state index is -0.267. The molecule has 1 aromatic heterocycles. The van der Waals surface area contributed by atoms with Crippen LogP contribution in [-0.2, 0) is 6.54 Å². The number of benzene rings is 1. The van der Waals surface area contributed by atoms with E-state index in [0.29, 0.717) is 5.76 Å². The summed E-state index contributed by atoms with van der Waals surface area (Å²) in [5, 5.41) is 2.82. The van der Waals surface area contributed by atoms with Gasteiger partial charge >= 0.3 is 0 Å². The molecule has 0 radical (unpaired) electrons. The predicted octanol–water partition coefficient (Wildman–Crippen LogP) is 2.71. The van der Waals surface area contributed by atoms with Gasteiger partial charge in [-0.2, -0.15) is 0 Å². The Hall–Kier alpha value is -1.72. The summed E-state index contributed by atoms with van der Waals surface area (Å²) in [4.78, 5) is 13.0. The van der Waals surface area contributed by atoms with Gasteiger partial charge in [-0.25, -0.2) is 0 Å². The molecule has 3 N–H and O–H groups in total. The van der Waals surface area contributed by atoms with E-state index in [9.17, 15) is 4.79 Å². The zero-order valence-electron chi connectivity index (χ0n) is 9.97. The molecule has 1 heterocycles. The highest BCUT2D eigenvalue weighted by Crippen LogP contribution is 2.25. The van der Waals surface area contributed by atoms with Gasteiger partial charge in [-0.3, -0.25) is 4.79 Å². The number of anilines is 1. The minimum absolute atomic E-state index is 0.267. The van der Waals surface area contributed by atoms with E-state index in [0.717, 1.165) is 10.6 Å². The number of nitrogens with two attached hydrogens (primary N) is 1. The topological polar surface area (TPSA) is 68.3 Å². The maximum atomic E-state index is 12.0. The van der Waals surface area contributed by atoms with E-state index in [1.165, 1.54) is 0 Å². The van der Waals surface area contributed by atoms with Crippen molar-refractivity contribution in [1.29, 1.82) is 0 Å². The highest BCUT2D eigenvalue weighted by Gasteiger charge is 2.12. The Bertz CT molecular complexity index is 551. The Morgan fingerprint density at radius 1 is 1.33 bits per heavy atom. The minimum Gasteiger partial charge on any atom is -0.455 e. The summed E-state index contributed by atoms with van der Waals surface area (Å²) in [7, 11) is 0. The first-order chi connectivity index (χ1) is 8.74. The Kier molecular flexibility index (Phi) is 4.07. The van der Waals surface area contributed by atoms with Crippen molar-refractivity contribution >= 4 is 23.4 Å². The second-order valence-electron chi connectivity index (χ2n) is 3.62. The maximum Gasteiger partial charge on any atom is 0.291 e. The molecule has 0 saturated carbocycles. The van der Waals surface area contributed by atoms with E-state index in [-0.39, 0.29) is 18.2 Å². The van der Waals surface area contributed by atoms with Gasteiger partial charge in [0, 0.05) is 4.90 Å². The molecule has 2 aromatic rings. The third-order valence-corrected chi connectivity index (χ3v) is 3.24. The van der Waals surface area contributed by atoms with Crippen molar-refractivity contribution in [1.82, 2.24) is 0 Å². The van der Waals surface area contributed by atoms with Gasteiger partial charge in [0.25, 0.3) is 5.91 Å². The van der Waals surface area contributed by atoms with Crippen molar-refractivity contribution in [2.75, 3.05) is 11.6 Å². The van der Waals surface area contributed by atoms with E-state index in [1.807, 2.05) is 30.5 Å². The Labute approximate surface area is 110 Å². The molecule has 0 unspecified atom stereocenters. The van der Waals surface area contributed by atoms with Crippen molar-refractivity contribution < 1.29 is 9.21 Å². The maximum absolute atomic E-state index is 12.0. The van der Waals surface area contributed by atoms with Crippen LogP contribution in [0.15, 0.2) is 45.7 Å². The zero-order chi connectivity index (χ0) is 13.0. The van der Waals surface area contributed by atoms with Crippen LogP contribution in [0.5, 0.6) is 0 Å². The molecule has 0 bridgehead atoms. The van der Waals surface area contributed by atoms with E-state index in [2.05, 4.69) is 5.32 Å². The van der Waals surface area contributed by atoms with Crippen LogP contribution in [0.3, 0.4) is 0 Å². The normalized spacial score (nSPS) is 10.3. The summed E-state index contributed by atoms with van der Waals surface area (Å²) < 4.78 is 5.30. The first-order valence-corrected chi connectivity index (χ1v) is 6.70. The molecule has 0 aliphatic heterocycles. The Balaban J connectivity index is 2.16. The van der Waals surface area contributed by atoms with Crippen LogP contribution in [-0.4, -0.2) is 12.2 Å². The highest BCUT2D eigenvalue weighted by molar-refractivity contribution is 7.98. The lowest BCUT2D eigenvalue weighted by molar-refractivity contribution is 0.0995. The predicted molar refractivity (Wildman–Crippen MR) is 72.8 cm³/mol. The summed E-state index contributed by atoms with van der Waals surface area (Å²) in [6.45, 7) is 0.286. The second kappa shape index (κ2) is 5.75. The highest BCUT2D eigenvalue weighted by atomic mass is 32.2. The molecule has 0 fully saturated rings. The SMILES string of the molecule is CSc1ccccc1NC(=O)c1ccc(CN)o1. The summed E-state index contributed by atoms with van der Waals surface area (Å²) in [6, 6.07) is 10.9. The second-order valence-corrected chi connectivity index (χ2v) is 4.47. The van der Waals surface area contributed by atoms with Crippen LogP contribution in [0, 0.1) is 0 Å². The third-order valence-electron chi connectivity index (χ3n) is 2.44. The molecule has 4 nitrogen and oxygen atoms in total. The number of para-hydroxylation sites is 1. The van der Waals surface area contributed by atoms with Gasteiger partial charge in [0.05, 0.1) is 12.2 Å².